The average Bonchev–Trinajstić information content (AvgIpc) is 2.65. The number of aromatic amines is 1. The molecule has 0 bridgehead atoms. The van der Waals surface area contributed by atoms with E-state index in [1.165, 1.54) is 6.20 Å². The molecule has 0 saturated carbocycles. The molecular weight excluding hydrogens is 262 g/mol. The second-order valence-corrected chi connectivity index (χ2v) is 3.62. The smallest absolute Gasteiger partial charge is 0.339 e. The van der Waals surface area contributed by atoms with Crippen LogP contribution >= 0.6 is 15.9 Å². The monoisotopic (exact) mass is 267 g/mol. The first-order chi connectivity index (χ1) is 7.18. The predicted molar refractivity (Wildman–Crippen MR) is 56.5 cm³/mol. The molecule has 0 aromatic carbocycles. The van der Waals surface area contributed by atoms with Crippen molar-refractivity contribution in [1.82, 2.24) is 15.2 Å². The Morgan fingerprint density at radius 2 is 2.27 bits per heavy atom. The van der Waals surface area contributed by atoms with Crippen molar-refractivity contribution in [2.75, 3.05) is 0 Å². The molecule has 0 atom stereocenters. The summed E-state index contributed by atoms with van der Waals surface area (Å²) in [5, 5.41) is 15.2. The van der Waals surface area contributed by atoms with Crippen molar-refractivity contribution in [2.45, 2.75) is 0 Å². The second-order valence-electron chi connectivity index (χ2n) is 2.81. The van der Waals surface area contributed by atoms with Crippen LogP contribution in [0.25, 0.3) is 11.4 Å². The zero-order valence-corrected chi connectivity index (χ0v) is 9.02. The average molecular weight is 268 g/mol. The van der Waals surface area contributed by atoms with Gasteiger partial charge in [0.15, 0.2) is 0 Å². The molecule has 0 aliphatic rings. The lowest BCUT2D eigenvalue weighted by atomic mass is 10.2. The largest absolute Gasteiger partial charge is 0.478 e. The summed E-state index contributed by atoms with van der Waals surface area (Å²) in [6.07, 6.45) is 1.26. The number of pyridine rings is 1. The van der Waals surface area contributed by atoms with Crippen molar-refractivity contribution in [3.05, 3.63) is 34.6 Å². The molecule has 2 N–H and O–H groups in total. The van der Waals surface area contributed by atoms with Gasteiger partial charge in [0.05, 0.1) is 17.6 Å². The lowest BCUT2D eigenvalue weighted by molar-refractivity contribution is 0.0698. The summed E-state index contributed by atoms with van der Waals surface area (Å²) < 4.78 is 0.644. The van der Waals surface area contributed by atoms with Gasteiger partial charge in [0.2, 0.25) is 0 Å². The summed E-state index contributed by atoms with van der Waals surface area (Å²) in [6, 6.07) is 5.25. The molecule has 0 fully saturated rings. The number of carboxylic acids is 1. The van der Waals surface area contributed by atoms with Gasteiger partial charge in [-0.3, -0.25) is 5.10 Å². The Morgan fingerprint density at radius 3 is 2.93 bits per heavy atom. The van der Waals surface area contributed by atoms with Crippen molar-refractivity contribution in [2.24, 2.45) is 0 Å². The molecule has 0 saturated heterocycles. The molecule has 6 heteroatoms. The number of hydrogen-bond donors (Lipinski definition) is 2. The highest BCUT2D eigenvalue weighted by Gasteiger charge is 2.14. The zero-order valence-electron chi connectivity index (χ0n) is 7.44. The van der Waals surface area contributed by atoms with Crippen LogP contribution in [-0.4, -0.2) is 26.3 Å². The molecule has 0 amide bonds. The first-order valence-electron chi connectivity index (χ1n) is 4.08. The fraction of sp³-hybridized carbons (Fsp3) is 0. The maximum atomic E-state index is 10.8. The van der Waals surface area contributed by atoms with Gasteiger partial charge in [0.25, 0.3) is 0 Å². The van der Waals surface area contributed by atoms with Gasteiger partial charge in [0, 0.05) is 0 Å². The van der Waals surface area contributed by atoms with Crippen LogP contribution in [0.1, 0.15) is 10.4 Å². The van der Waals surface area contributed by atoms with Gasteiger partial charge in [-0.2, -0.15) is 5.10 Å². The van der Waals surface area contributed by atoms with Crippen molar-refractivity contribution in [3.63, 3.8) is 0 Å². The third kappa shape index (κ3) is 1.89. The number of rotatable bonds is 2. The van der Waals surface area contributed by atoms with Crippen molar-refractivity contribution >= 4 is 21.9 Å². The summed E-state index contributed by atoms with van der Waals surface area (Å²) in [4.78, 5) is 15.0. The van der Waals surface area contributed by atoms with E-state index in [-0.39, 0.29) is 5.56 Å². The van der Waals surface area contributed by atoms with Gasteiger partial charge < -0.3 is 5.11 Å². The Balaban J connectivity index is 2.54. The number of carboxylic acid groups (broad SMARTS) is 1. The normalized spacial score (nSPS) is 10.2. The first kappa shape index (κ1) is 9.85. The maximum absolute atomic E-state index is 10.8. The fourth-order valence-corrected chi connectivity index (χ4v) is 1.53. The highest BCUT2D eigenvalue weighted by atomic mass is 79.9. The highest BCUT2D eigenvalue weighted by molar-refractivity contribution is 9.10. The number of nitrogens with one attached hydrogen (secondary N) is 1. The van der Waals surface area contributed by atoms with Crippen LogP contribution in [0.3, 0.4) is 0 Å². The van der Waals surface area contributed by atoms with E-state index >= 15 is 0 Å². The minimum atomic E-state index is -1.03. The van der Waals surface area contributed by atoms with Gasteiger partial charge >= 0.3 is 5.97 Å². The van der Waals surface area contributed by atoms with Crippen LogP contribution in [-0.2, 0) is 0 Å². The Kier molecular flexibility index (Phi) is 2.51. The first-order valence-corrected chi connectivity index (χ1v) is 4.87. The van der Waals surface area contributed by atoms with E-state index in [1.54, 1.807) is 18.2 Å². The lowest BCUT2D eigenvalue weighted by Gasteiger charge is -1.98. The lowest BCUT2D eigenvalue weighted by Crippen LogP contribution is -1.97. The summed E-state index contributed by atoms with van der Waals surface area (Å²) in [6.45, 7) is 0. The molecule has 2 aromatic heterocycles. The number of aromatic nitrogens is 3. The SMILES string of the molecule is O=C(O)c1cn[nH]c1-c1cccc(Br)n1. The summed E-state index contributed by atoms with van der Waals surface area (Å²) in [5.74, 6) is -1.03. The van der Waals surface area contributed by atoms with Gasteiger partial charge in [-0.25, -0.2) is 9.78 Å². The molecule has 2 rings (SSSR count). The van der Waals surface area contributed by atoms with E-state index in [2.05, 4.69) is 31.1 Å². The highest BCUT2D eigenvalue weighted by Crippen LogP contribution is 2.20. The van der Waals surface area contributed by atoms with E-state index in [9.17, 15) is 4.79 Å². The number of halogens is 1. The molecular formula is C9H6BrN3O2. The maximum Gasteiger partial charge on any atom is 0.339 e. The molecule has 5 nitrogen and oxygen atoms in total. The molecule has 2 heterocycles. The van der Waals surface area contributed by atoms with E-state index in [1.807, 2.05) is 0 Å². The molecule has 2 aromatic rings. The molecule has 0 radical (unpaired) electrons. The minimum absolute atomic E-state index is 0.112. The van der Waals surface area contributed by atoms with Gasteiger partial charge in [-0.1, -0.05) is 6.07 Å². The Hall–Kier alpha value is -1.69. The summed E-state index contributed by atoms with van der Waals surface area (Å²) in [7, 11) is 0. The number of aromatic carboxylic acids is 1. The topological polar surface area (TPSA) is 78.9 Å². The number of hydrogen-bond acceptors (Lipinski definition) is 3. The van der Waals surface area contributed by atoms with Crippen molar-refractivity contribution < 1.29 is 9.90 Å². The van der Waals surface area contributed by atoms with E-state index < -0.39 is 5.97 Å². The number of H-pyrrole nitrogens is 1. The standard InChI is InChI=1S/C9H6BrN3O2/c10-7-3-1-2-6(12-7)8-5(9(14)15)4-11-13-8/h1-4H,(H,11,13)(H,14,15). The second kappa shape index (κ2) is 3.82. The van der Waals surface area contributed by atoms with Gasteiger partial charge in [0.1, 0.15) is 10.2 Å². The van der Waals surface area contributed by atoms with Crippen LogP contribution in [0, 0.1) is 0 Å². The van der Waals surface area contributed by atoms with E-state index in [0.29, 0.717) is 16.0 Å². The summed E-state index contributed by atoms with van der Waals surface area (Å²) in [5.41, 5.74) is 1.06. The van der Waals surface area contributed by atoms with Crippen LogP contribution in [0.2, 0.25) is 0 Å². The molecule has 15 heavy (non-hydrogen) atoms. The van der Waals surface area contributed by atoms with Crippen LogP contribution < -0.4 is 0 Å². The Bertz CT molecular complexity index is 510. The summed E-state index contributed by atoms with van der Waals surface area (Å²) >= 11 is 3.22. The molecule has 0 aliphatic carbocycles. The third-order valence-corrected chi connectivity index (χ3v) is 2.28. The zero-order chi connectivity index (χ0) is 10.8. The quantitative estimate of drug-likeness (QED) is 0.815. The Labute approximate surface area is 93.3 Å². The van der Waals surface area contributed by atoms with Crippen LogP contribution in [0.4, 0.5) is 0 Å². The fourth-order valence-electron chi connectivity index (χ4n) is 1.19. The van der Waals surface area contributed by atoms with Gasteiger partial charge in [-0.05, 0) is 28.1 Å². The minimum Gasteiger partial charge on any atom is -0.478 e. The molecule has 0 unspecified atom stereocenters. The third-order valence-electron chi connectivity index (χ3n) is 1.84. The van der Waals surface area contributed by atoms with Crippen molar-refractivity contribution in [1.29, 1.82) is 0 Å². The predicted octanol–water partition coefficient (Wildman–Crippen LogP) is 1.93. The number of nitrogens with zero attached hydrogens (tertiary/aromatic N) is 2. The Morgan fingerprint density at radius 1 is 1.47 bits per heavy atom. The van der Waals surface area contributed by atoms with Crippen molar-refractivity contribution in [3.8, 4) is 11.4 Å². The van der Waals surface area contributed by atoms with Gasteiger partial charge in [-0.15, -0.1) is 0 Å². The number of carbonyl (C=O) groups is 1. The molecule has 76 valence electrons. The molecule has 0 spiro atoms. The van der Waals surface area contributed by atoms with E-state index in [4.69, 9.17) is 5.11 Å². The van der Waals surface area contributed by atoms with Crippen LogP contribution in [0.15, 0.2) is 29.0 Å². The van der Waals surface area contributed by atoms with Crippen LogP contribution in [0.5, 0.6) is 0 Å². The van der Waals surface area contributed by atoms with E-state index in [0.717, 1.165) is 0 Å². The molecule has 0 aliphatic heterocycles.